The van der Waals surface area contributed by atoms with Gasteiger partial charge in [0.2, 0.25) is 0 Å². The van der Waals surface area contributed by atoms with Gasteiger partial charge in [0.05, 0.1) is 5.69 Å². The van der Waals surface area contributed by atoms with Gasteiger partial charge in [-0.25, -0.2) is 14.4 Å². The summed E-state index contributed by atoms with van der Waals surface area (Å²) in [6.07, 6.45) is 3.72. The van der Waals surface area contributed by atoms with E-state index in [2.05, 4.69) is 52.6 Å². The molecule has 2 aliphatic heterocycles. The molecule has 174 valence electrons. The molecule has 6 nitrogen and oxygen atoms in total. The Morgan fingerprint density at radius 2 is 1.88 bits per heavy atom. The highest BCUT2D eigenvalue weighted by Gasteiger charge is 2.35. The molecule has 2 atom stereocenters. The molecule has 2 aromatic rings. The highest BCUT2D eigenvalue weighted by atomic mass is 19.1. The Balaban J connectivity index is 1.25. The van der Waals surface area contributed by atoms with E-state index in [-0.39, 0.29) is 6.04 Å². The molecule has 5 rings (SSSR count). The number of nitrogens with one attached hydrogen (secondary N) is 1. The molecular weight excluding hydrogens is 403 g/mol. The number of likely N-dealkylation sites (tertiary alicyclic amines) is 1. The third-order valence-corrected chi connectivity index (χ3v) is 7.48. The number of alkyl halides is 1. The minimum Gasteiger partial charge on any atom is -0.355 e. The van der Waals surface area contributed by atoms with E-state index in [1.807, 2.05) is 6.07 Å². The third kappa shape index (κ3) is 4.55. The molecule has 32 heavy (non-hydrogen) atoms. The number of H-pyrrole nitrogens is 1. The lowest BCUT2D eigenvalue weighted by Gasteiger charge is -2.41. The van der Waals surface area contributed by atoms with Crippen molar-refractivity contribution >= 4 is 5.82 Å². The summed E-state index contributed by atoms with van der Waals surface area (Å²) in [6.45, 7) is 11.7. The minimum absolute atomic E-state index is 0.0520. The molecule has 3 aliphatic rings. The molecule has 0 spiro atoms. The van der Waals surface area contributed by atoms with Gasteiger partial charge in [-0.05, 0) is 58.6 Å². The van der Waals surface area contributed by atoms with Gasteiger partial charge in [-0.3, -0.25) is 9.80 Å². The van der Waals surface area contributed by atoms with Crippen LogP contribution in [0.2, 0.25) is 0 Å². The zero-order chi connectivity index (χ0) is 22.2. The average molecular weight is 441 g/mol. The molecule has 0 aromatic carbocycles. The lowest BCUT2D eigenvalue weighted by Crippen LogP contribution is -2.54. The number of piperidine rings is 1. The lowest BCUT2D eigenvalue weighted by molar-refractivity contribution is 0.0254. The van der Waals surface area contributed by atoms with Crippen LogP contribution < -0.4 is 4.90 Å². The van der Waals surface area contributed by atoms with Gasteiger partial charge in [0.1, 0.15) is 17.7 Å². The van der Waals surface area contributed by atoms with Crippen molar-refractivity contribution in [3.05, 3.63) is 29.6 Å². The maximum Gasteiger partial charge on any atom is 0.156 e. The molecule has 0 amide bonds. The summed E-state index contributed by atoms with van der Waals surface area (Å²) in [5.41, 5.74) is 3.29. The Labute approximate surface area is 191 Å². The molecule has 2 unspecified atom stereocenters. The maximum absolute atomic E-state index is 15.0. The largest absolute Gasteiger partial charge is 0.355 e. The molecule has 0 bridgehead atoms. The van der Waals surface area contributed by atoms with Crippen molar-refractivity contribution in [1.82, 2.24) is 24.8 Å². The predicted molar refractivity (Wildman–Crippen MR) is 127 cm³/mol. The minimum atomic E-state index is -0.762. The first-order chi connectivity index (χ1) is 15.5. The van der Waals surface area contributed by atoms with Gasteiger partial charge in [-0.15, -0.1) is 0 Å². The fraction of sp³-hybridized carbons (Fsp3) is 0.680. The van der Waals surface area contributed by atoms with Crippen LogP contribution in [0, 0.1) is 6.92 Å². The van der Waals surface area contributed by atoms with Gasteiger partial charge in [0.25, 0.3) is 0 Å². The van der Waals surface area contributed by atoms with Gasteiger partial charge in [0.15, 0.2) is 5.82 Å². The second-order valence-electron chi connectivity index (χ2n) is 10.1. The van der Waals surface area contributed by atoms with Crippen molar-refractivity contribution in [1.29, 1.82) is 0 Å². The fourth-order valence-corrected chi connectivity index (χ4v) is 5.39. The van der Waals surface area contributed by atoms with Crippen LogP contribution >= 0.6 is 0 Å². The third-order valence-electron chi connectivity index (χ3n) is 7.48. The lowest BCUT2D eigenvalue weighted by atomic mass is 10.00. The van der Waals surface area contributed by atoms with Crippen LogP contribution in [0.5, 0.6) is 0 Å². The Morgan fingerprint density at radius 1 is 1.03 bits per heavy atom. The summed E-state index contributed by atoms with van der Waals surface area (Å²) in [6, 6.07) is 6.68. The summed E-state index contributed by atoms with van der Waals surface area (Å²) >= 11 is 0. The smallest absolute Gasteiger partial charge is 0.156 e. The van der Waals surface area contributed by atoms with E-state index >= 15 is 4.39 Å². The summed E-state index contributed by atoms with van der Waals surface area (Å²) in [7, 11) is 0. The summed E-state index contributed by atoms with van der Waals surface area (Å²) in [5.74, 6) is 2.53. The number of pyridine rings is 1. The molecule has 2 aromatic heterocycles. The second-order valence-corrected chi connectivity index (χ2v) is 10.1. The summed E-state index contributed by atoms with van der Waals surface area (Å²) < 4.78 is 15.0. The second kappa shape index (κ2) is 9.10. The number of aromatic amines is 1. The van der Waals surface area contributed by atoms with E-state index in [9.17, 15) is 0 Å². The van der Waals surface area contributed by atoms with Gasteiger partial charge in [-0.2, -0.15) is 0 Å². The van der Waals surface area contributed by atoms with E-state index in [1.165, 1.54) is 18.5 Å². The van der Waals surface area contributed by atoms with Crippen LogP contribution in [-0.2, 0) is 0 Å². The Morgan fingerprint density at radius 3 is 2.62 bits per heavy atom. The summed E-state index contributed by atoms with van der Waals surface area (Å²) in [4.78, 5) is 20.3. The van der Waals surface area contributed by atoms with Crippen molar-refractivity contribution < 1.29 is 4.39 Å². The number of hydrogen-bond acceptors (Lipinski definition) is 5. The maximum atomic E-state index is 15.0. The molecule has 7 heteroatoms. The van der Waals surface area contributed by atoms with Crippen molar-refractivity contribution in [2.45, 2.75) is 70.6 Å². The first kappa shape index (κ1) is 21.8. The molecule has 4 heterocycles. The number of imidazole rings is 1. The van der Waals surface area contributed by atoms with Crippen molar-refractivity contribution in [3.63, 3.8) is 0 Å². The van der Waals surface area contributed by atoms with Crippen LogP contribution in [0.1, 0.15) is 56.8 Å². The number of hydrogen-bond donors (Lipinski definition) is 1. The van der Waals surface area contributed by atoms with Crippen molar-refractivity contribution in [2.24, 2.45) is 0 Å². The first-order valence-electron chi connectivity index (χ1n) is 12.4. The van der Waals surface area contributed by atoms with Crippen LogP contribution in [0.25, 0.3) is 11.5 Å². The predicted octanol–water partition coefficient (Wildman–Crippen LogP) is 3.99. The monoisotopic (exact) mass is 440 g/mol. The Hall–Kier alpha value is -1.99. The number of aryl methyl sites for hydroxylation is 1. The molecule has 1 N–H and O–H groups in total. The van der Waals surface area contributed by atoms with Gasteiger partial charge >= 0.3 is 0 Å². The highest BCUT2D eigenvalue weighted by Crippen LogP contribution is 2.41. The van der Waals surface area contributed by atoms with E-state index in [0.29, 0.717) is 18.5 Å². The molecular formula is C25H37FN6. The standard InChI is InChI=1S/C25H37FN6/c1-17(2)32-13-10-22(20(26)16-32)30-11-5-12-31(15-14-30)23-7-4-6-21(28-23)25-27-18(3)24(29-25)19-8-9-19/h4,6-7,17,19-20,22H,5,8-16H2,1-3H3,(H,27,29). The number of aromatic nitrogens is 3. The summed E-state index contributed by atoms with van der Waals surface area (Å²) in [5, 5.41) is 0. The van der Waals surface area contributed by atoms with Crippen LogP contribution in [0.15, 0.2) is 18.2 Å². The van der Waals surface area contributed by atoms with E-state index in [0.717, 1.165) is 68.6 Å². The van der Waals surface area contributed by atoms with Crippen molar-refractivity contribution in [3.8, 4) is 11.5 Å². The van der Waals surface area contributed by atoms with Crippen LogP contribution in [0.4, 0.5) is 10.2 Å². The van der Waals surface area contributed by atoms with E-state index in [1.54, 1.807) is 0 Å². The van der Waals surface area contributed by atoms with Crippen LogP contribution in [0.3, 0.4) is 0 Å². The zero-order valence-electron chi connectivity index (χ0n) is 19.7. The fourth-order valence-electron chi connectivity index (χ4n) is 5.39. The Kier molecular flexibility index (Phi) is 6.21. The molecule has 2 saturated heterocycles. The van der Waals surface area contributed by atoms with E-state index < -0.39 is 6.17 Å². The van der Waals surface area contributed by atoms with Gasteiger partial charge in [0, 0.05) is 63.0 Å². The number of rotatable bonds is 5. The molecule has 1 saturated carbocycles. The zero-order valence-corrected chi connectivity index (χ0v) is 19.7. The van der Waals surface area contributed by atoms with Gasteiger partial charge in [-0.1, -0.05) is 6.07 Å². The topological polar surface area (TPSA) is 51.3 Å². The Bertz CT molecular complexity index is 923. The van der Waals surface area contributed by atoms with Crippen molar-refractivity contribution in [2.75, 3.05) is 44.2 Å². The first-order valence-corrected chi connectivity index (χ1v) is 12.4. The van der Waals surface area contributed by atoms with Crippen LogP contribution in [-0.4, -0.2) is 82.3 Å². The SMILES string of the molecule is Cc1nc(-c2cccc(N3CCCN(C4CCN(C(C)C)CC4F)CC3)n2)[nH]c1C1CC1. The van der Waals surface area contributed by atoms with E-state index in [4.69, 9.17) is 9.97 Å². The number of anilines is 1. The molecule has 0 radical (unpaired) electrons. The molecule has 1 aliphatic carbocycles. The average Bonchev–Trinajstić information content (AvgIpc) is 3.59. The molecule has 3 fully saturated rings. The number of nitrogens with zero attached hydrogens (tertiary/aromatic N) is 5. The quantitative estimate of drug-likeness (QED) is 0.762. The number of halogens is 1. The van der Waals surface area contributed by atoms with Gasteiger partial charge < -0.3 is 9.88 Å². The highest BCUT2D eigenvalue weighted by molar-refractivity contribution is 5.55. The normalized spacial score (nSPS) is 26.0.